The van der Waals surface area contributed by atoms with E-state index in [1.54, 1.807) is 7.11 Å². The van der Waals surface area contributed by atoms with Gasteiger partial charge in [-0.1, -0.05) is 23.5 Å². The Morgan fingerprint density at radius 3 is 2.85 bits per heavy atom. The fourth-order valence-corrected chi connectivity index (χ4v) is 4.75. The van der Waals surface area contributed by atoms with Crippen molar-refractivity contribution in [3.05, 3.63) is 41.0 Å². The zero-order valence-corrected chi connectivity index (χ0v) is 15.7. The van der Waals surface area contributed by atoms with E-state index >= 15 is 0 Å². The van der Waals surface area contributed by atoms with Gasteiger partial charge in [-0.2, -0.15) is 9.61 Å². The zero-order chi connectivity index (χ0) is 19.0. The summed E-state index contributed by atoms with van der Waals surface area (Å²) in [4.78, 5) is 19.4. The molecule has 0 spiro atoms. The molecule has 142 valence electrons. The van der Waals surface area contributed by atoms with Gasteiger partial charge in [0, 0.05) is 5.92 Å². The number of methoxy groups -OCH3 is 1. The number of carbonyl (C=O) groups excluding carboxylic acids is 1. The number of amides is 1. The Morgan fingerprint density at radius 2 is 2.19 bits per heavy atom. The van der Waals surface area contributed by atoms with Crippen molar-refractivity contribution in [2.75, 3.05) is 20.2 Å². The number of thiazole rings is 1. The molecule has 4 rings (SSSR count). The van der Waals surface area contributed by atoms with Crippen molar-refractivity contribution in [1.29, 1.82) is 0 Å². The summed E-state index contributed by atoms with van der Waals surface area (Å²) in [5.41, 5.74) is 6.48. The number of aromatic nitrogens is 3. The number of fused-ring (bicyclic) bond motifs is 1. The van der Waals surface area contributed by atoms with Gasteiger partial charge in [-0.05, 0) is 43.6 Å². The number of hydrogen-bond donors (Lipinski definition) is 2. The normalized spacial score (nSPS) is 17.2. The van der Waals surface area contributed by atoms with E-state index in [2.05, 4.69) is 15.0 Å². The molecule has 0 radical (unpaired) electrons. The van der Waals surface area contributed by atoms with Crippen LogP contribution in [0.1, 0.15) is 29.3 Å². The van der Waals surface area contributed by atoms with Gasteiger partial charge in [-0.25, -0.2) is 4.98 Å². The minimum absolute atomic E-state index is 0.0943. The van der Waals surface area contributed by atoms with Crippen LogP contribution in [0.2, 0.25) is 0 Å². The summed E-state index contributed by atoms with van der Waals surface area (Å²) in [5, 5.41) is 14.8. The van der Waals surface area contributed by atoms with Crippen LogP contribution in [0.15, 0.2) is 30.6 Å². The minimum Gasteiger partial charge on any atom is -0.497 e. The molecular weight excluding hydrogens is 366 g/mol. The lowest BCUT2D eigenvalue weighted by atomic mass is 9.93. The Kier molecular flexibility index (Phi) is 4.71. The van der Waals surface area contributed by atoms with E-state index in [4.69, 9.17) is 10.5 Å². The van der Waals surface area contributed by atoms with Crippen molar-refractivity contribution in [2.24, 2.45) is 11.7 Å². The molecule has 27 heavy (non-hydrogen) atoms. The second kappa shape index (κ2) is 7.16. The number of piperidine rings is 1. The second-order valence-corrected chi connectivity index (χ2v) is 7.65. The van der Waals surface area contributed by atoms with Crippen molar-refractivity contribution in [2.45, 2.75) is 18.9 Å². The Balaban J connectivity index is 1.74. The fourth-order valence-electron chi connectivity index (χ4n) is 3.65. The highest BCUT2D eigenvalue weighted by Gasteiger charge is 2.33. The lowest BCUT2D eigenvalue weighted by molar-refractivity contribution is -0.123. The third kappa shape index (κ3) is 3.24. The third-order valence-electron chi connectivity index (χ3n) is 5.09. The van der Waals surface area contributed by atoms with Crippen LogP contribution in [0.3, 0.4) is 0 Å². The molecule has 1 aliphatic rings. The van der Waals surface area contributed by atoms with Gasteiger partial charge in [-0.3, -0.25) is 9.69 Å². The molecule has 2 aromatic heterocycles. The molecule has 8 nitrogen and oxygen atoms in total. The van der Waals surface area contributed by atoms with Gasteiger partial charge in [0.1, 0.15) is 12.1 Å². The minimum atomic E-state index is -0.241. The van der Waals surface area contributed by atoms with E-state index in [-0.39, 0.29) is 23.7 Å². The van der Waals surface area contributed by atoms with Crippen LogP contribution in [0, 0.1) is 5.92 Å². The van der Waals surface area contributed by atoms with Crippen molar-refractivity contribution in [1.82, 2.24) is 19.5 Å². The summed E-state index contributed by atoms with van der Waals surface area (Å²) >= 11 is 1.41. The van der Waals surface area contributed by atoms with Gasteiger partial charge in [-0.15, -0.1) is 0 Å². The SMILES string of the molecule is COc1cccc([C@H](c2sc3ncnn3c2O)N2CCC(C(N)=O)CC2)c1. The van der Waals surface area contributed by atoms with Crippen LogP contribution >= 0.6 is 11.3 Å². The molecule has 3 heterocycles. The Bertz CT molecular complexity index is 961. The number of aromatic hydroxyl groups is 1. The van der Waals surface area contributed by atoms with E-state index in [1.165, 1.54) is 22.2 Å². The van der Waals surface area contributed by atoms with Gasteiger partial charge < -0.3 is 15.6 Å². The number of likely N-dealkylation sites (tertiary alicyclic amines) is 1. The molecule has 0 saturated carbocycles. The number of carbonyl (C=O) groups is 1. The van der Waals surface area contributed by atoms with Crippen LogP contribution < -0.4 is 10.5 Å². The highest BCUT2D eigenvalue weighted by molar-refractivity contribution is 7.17. The summed E-state index contributed by atoms with van der Waals surface area (Å²) in [6.07, 6.45) is 2.84. The van der Waals surface area contributed by atoms with Crippen molar-refractivity contribution in [3.63, 3.8) is 0 Å². The van der Waals surface area contributed by atoms with E-state index in [9.17, 15) is 9.90 Å². The van der Waals surface area contributed by atoms with Gasteiger partial charge in [0.2, 0.25) is 16.7 Å². The molecule has 0 unspecified atom stereocenters. The molecule has 9 heteroatoms. The quantitative estimate of drug-likeness (QED) is 0.691. The molecule has 3 N–H and O–H groups in total. The average molecular weight is 387 g/mol. The Labute approximate surface area is 160 Å². The molecule has 1 atom stereocenters. The molecule has 1 fully saturated rings. The maximum absolute atomic E-state index is 11.5. The first-order valence-corrected chi connectivity index (χ1v) is 9.59. The lowest BCUT2D eigenvalue weighted by Crippen LogP contribution is -2.40. The number of hydrogen-bond acceptors (Lipinski definition) is 7. The topological polar surface area (TPSA) is 106 Å². The maximum Gasteiger partial charge on any atom is 0.230 e. The van der Waals surface area contributed by atoms with Crippen LogP contribution in [0.25, 0.3) is 4.96 Å². The summed E-state index contributed by atoms with van der Waals surface area (Å²) in [6.45, 7) is 1.42. The predicted octanol–water partition coefficient (Wildman–Crippen LogP) is 1.79. The number of rotatable bonds is 5. The zero-order valence-electron chi connectivity index (χ0n) is 14.9. The van der Waals surface area contributed by atoms with Gasteiger partial charge in [0.05, 0.1) is 18.0 Å². The standard InChI is InChI=1S/C18H21N5O3S/c1-26-13-4-2-3-12(9-13)14(22-7-5-11(6-8-22)16(19)24)15-17(25)23-18(27-15)20-10-21-23/h2-4,9-11,14,25H,5-8H2,1H3,(H2,19,24)/t14-/m1/s1. The summed E-state index contributed by atoms with van der Waals surface area (Å²) < 4.78 is 6.83. The van der Waals surface area contributed by atoms with E-state index in [0.29, 0.717) is 30.9 Å². The van der Waals surface area contributed by atoms with Crippen LogP contribution in [0.4, 0.5) is 0 Å². The average Bonchev–Trinajstić information content (AvgIpc) is 3.26. The Hall–Kier alpha value is -2.65. The Morgan fingerprint density at radius 1 is 1.41 bits per heavy atom. The van der Waals surface area contributed by atoms with Gasteiger partial charge in [0.25, 0.3) is 0 Å². The van der Waals surface area contributed by atoms with E-state index < -0.39 is 0 Å². The van der Waals surface area contributed by atoms with Gasteiger partial charge >= 0.3 is 0 Å². The molecule has 3 aromatic rings. The molecular formula is C18H21N5O3S. The first-order valence-electron chi connectivity index (χ1n) is 8.77. The molecule has 1 amide bonds. The second-order valence-electron chi connectivity index (χ2n) is 6.64. The summed E-state index contributed by atoms with van der Waals surface area (Å²) in [7, 11) is 1.63. The number of benzene rings is 1. The monoisotopic (exact) mass is 387 g/mol. The van der Waals surface area contributed by atoms with Crippen molar-refractivity contribution >= 4 is 22.2 Å². The largest absolute Gasteiger partial charge is 0.497 e. The first kappa shape index (κ1) is 17.7. The predicted molar refractivity (Wildman–Crippen MR) is 101 cm³/mol. The number of nitrogens with two attached hydrogens (primary N) is 1. The maximum atomic E-state index is 11.5. The van der Waals surface area contributed by atoms with Crippen molar-refractivity contribution < 1.29 is 14.6 Å². The van der Waals surface area contributed by atoms with Gasteiger partial charge in [0.15, 0.2) is 0 Å². The smallest absolute Gasteiger partial charge is 0.230 e. The molecule has 1 aliphatic heterocycles. The first-order chi connectivity index (χ1) is 13.1. The highest BCUT2D eigenvalue weighted by Crippen LogP contribution is 2.41. The number of primary amides is 1. The summed E-state index contributed by atoms with van der Waals surface area (Å²) in [6, 6.07) is 7.64. The van der Waals surface area contributed by atoms with Crippen molar-refractivity contribution in [3.8, 4) is 11.6 Å². The van der Waals surface area contributed by atoms with E-state index in [1.807, 2.05) is 24.3 Å². The van der Waals surface area contributed by atoms with Crippen LogP contribution in [0.5, 0.6) is 11.6 Å². The van der Waals surface area contributed by atoms with E-state index in [0.717, 1.165) is 16.2 Å². The molecule has 0 aliphatic carbocycles. The molecule has 0 bridgehead atoms. The van der Waals surface area contributed by atoms with Crippen LogP contribution in [-0.4, -0.2) is 50.7 Å². The van der Waals surface area contributed by atoms with Crippen LogP contribution in [-0.2, 0) is 4.79 Å². The third-order valence-corrected chi connectivity index (χ3v) is 6.18. The number of ether oxygens (including phenoxy) is 1. The number of nitrogens with zero attached hydrogens (tertiary/aromatic N) is 4. The molecule has 1 saturated heterocycles. The fraction of sp³-hybridized carbons (Fsp3) is 0.389. The highest BCUT2D eigenvalue weighted by atomic mass is 32.1. The lowest BCUT2D eigenvalue weighted by Gasteiger charge is -2.36. The summed E-state index contributed by atoms with van der Waals surface area (Å²) in [5.74, 6) is 0.512. The molecule has 1 aromatic carbocycles.